The van der Waals surface area contributed by atoms with E-state index in [1.165, 1.54) is 5.56 Å². The first kappa shape index (κ1) is 14.0. The molecule has 0 aliphatic rings. The van der Waals surface area contributed by atoms with Gasteiger partial charge < -0.3 is 15.4 Å². The Balaban J connectivity index is 2.42. The van der Waals surface area contributed by atoms with E-state index in [-0.39, 0.29) is 5.54 Å². The second-order valence-electron chi connectivity index (χ2n) is 5.32. The maximum absolute atomic E-state index is 5.97. The van der Waals surface area contributed by atoms with E-state index in [0.29, 0.717) is 0 Å². The Morgan fingerprint density at radius 1 is 1.24 bits per heavy atom. The van der Waals surface area contributed by atoms with Gasteiger partial charge >= 0.3 is 0 Å². The van der Waals surface area contributed by atoms with Gasteiger partial charge in [-0.25, -0.2) is 0 Å². The largest absolute Gasteiger partial charge is 0.497 e. The molecule has 0 spiro atoms. The molecule has 1 aromatic rings. The lowest BCUT2D eigenvalue weighted by Crippen LogP contribution is -2.36. The highest BCUT2D eigenvalue weighted by Crippen LogP contribution is 2.13. The van der Waals surface area contributed by atoms with Crippen LogP contribution < -0.4 is 10.5 Å². The van der Waals surface area contributed by atoms with Gasteiger partial charge in [0.2, 0.25) is 0 Å². The number of nitrogens with zero attached hydrogens (tertiary/aromatic N) is 1. The van der Waals surface area contributed by atoms with Crippen molar-refractivity contribution < 1.29 is 4.74 Å². The van der Waals surface area contributed by atoms with Gasteiger partial charge in [0.1, 0.15) is 5.75 Å². The Kier molecular flexibility index (Phi) is 4.97. The lowest BCUT2D eigenvalue weighted by Gasteiger charge is -2.23. The summed E-state index contributed by atoms with van der Waals surface area (Å²) in [5.41, 5.74) is 7.18. The number of nitrogens with two attached hydrogens (primary N) is 1. The second kappa shape index (κ2) is 6.03. The van der Waals surface area contributed by atoms with Crippen LogP contribution in [-0.4, -0.2) is 31.1 Å². The van der Waals surface area contributed by atoms with Crippen LogP contribution in [0.1, 0.15) is 25.8 Å². The predicted octanol–water partition coefficient (Wildman–Crippen LogP) is 2.25. The van der Waals surface area contributed by atoms with Gasteiger partial charge in [-0.05, 0) is 51.6 Å². The summed E-state index contributed by atoms with van der Waals surface area (Å²) in [6, 6.07) is 8.19. The average Bonchev–Trinajstić information content (AvgIpc) is 2.27. The van der Waals surface area contributed by atoms with Crippen LogP contribution in [-0.2, 0) is 6.54 Å². The first-order chi connectivity index (χ1) is 7.90. The van der Waals surface area contributed by atoms with Crippen LogP contribution in [0.2, 0.25) is 0 Å². The zero-order valence-electron chi connectivity index (χ0n) is 11.4. The van der Waals surface area contributed by atoms with Gasteiger partial charge in [-0.3, -0.25) is 0 Å². The number of rotatable bonds is 6. The maximum Gasteiger partial charge on any atom is 0.118 e. The van der Waals surface area contributed by atoms with Crippen molar-refractivity contribution >= 4 is 0 Å². The third-order valence-corrected chi connectivity index (χ3v) is 2.75. The molecule has 0 amide bonds. The lowest BCUT2D eigenvalue weighted by molar-refractivity contribution is 0.289. The summed E-state index contributed by atoms with van der Waals surface area (Å²) in [6.07, 6.45) is 1.000. The van der Waals surface area contributed by atoms with E-state index in [0.717, 1.165) is 25.3 Å². The molecule has 0 atom stereocenters. The molecule has 1 aromatic carbocycles. The van der Waals surface area contributed by atoms with Gasteiger partial charge in [0.05, 0.1) is 7.11 Å². The van der Waals surface area contributed by atoms with Gasteiger partial charge in [-0.2, -0.15) is 0 Å². The minimum absolute atomic E-state index is 0.0891. The molecule has 0 fully saturated rings. The number of methoxy groups -OCH3 is 1. The standard InChI is InChI=1S/C14H24N2O/c1-14(2,15)9-10-16(3)11-12-5-7-13(17-4)8-6-12/h5-8H,9-11,15H2,1-4H3. The molecule has 0 bridgehead atoms. The highest BCUT2D eigenvalue weighted by Gasteiger charge is 2.11. The maximum atomic E-state index is 5.97. The Bertz CT molecular complexity index is 327. The van der Waals surface area contributed by atoms with Gasteiger partial charge in [-0.15, -0.1) is 0 Å². The van der Waals surface area contributed by atoms with E-state index < -0.39 is 0 Å². The van der Waals surface area contributed by atoms with Crippen molar-refractivity contribution in [3.63, 3.8) is 0 Å². The molecule has 0 aliphatic heterocycles. The fourth-order valence-electron chi connectivity index (χ4n) is 1.60. The zero-order valence-corrected chi connectivity index (χ0v) is 11.4. The van der Waals surface area contributed by atoms with Gasteiger partial charge in [0.15, 0.2) is 0 Å². The molecule has 0 heterocycles. The van der Waals surface area contributed by atoms with E-state index >= 15 is 0 Å². The third kappa shape index (κ3) is 5.71. The van der Waals surface area contributed by atoms with Crippen LogP contribution >= 0.6 is 0 Å². The lowest BCUT2D eigenvalue weighted by atomic mass is 10.0. The highest BCUT2D eigenvalue weighted by molar-refractivity contribution is 5.26. The molecule has 96 valence electrons. The topological polar surface area (TPSA) is 38.5 Å². The van der Waals surface area contributed by atoms with Crippen LogP contribution in [0, 0.1) is 0 Å². The summed E-state index contributed by atoms with van der Waals surface area (Å²) >= 11 is 0. The van der Waals surface area contributed by atoms with Crippen molar-refractivity contribution in [3.05, 3.63) is 29.8 Å². The van der Waals surface area contributed by atoms with E-state index in [1.807, 2.05) is 12.1 Å². The van der Waals surface area contributed by atoms with Crippen molar-refractivity contribution in [2.24, 2.45) is 5.73 Å². The van der Waals surface area contributed by atoms with Crippen LogP contribution in [0.3, 0.4) is 0 Å². The van der Waals surface area contributed by atoms with Crippen molar-refractivity contribution in [1.29, 1.82) is 0 Å². The van der Waals surface area contributed by atoms with Gasteiger partial charge in [0.25, 0.3) is 0 Å². The summed E-state index contributed by atoms with van der Waals surface area (Å²) in [5.74, 6) is 0.902. The molecular weight excluding hydrogens is 212 g/mol. The summed E-state index contributed by atoms with van der Waals surface area (Å²) in [6.45, 7) is 6.08. The van der Waals surface area contributed by atoms with Crippen LogP contribution in [0.5, 0.6) is 5.75 Å². The Morgan fingerprint density at radius 3 is 2.29 bits per heavy atom. The molecule has 17 heavy (non-hydrogen) atoms. The van der Waals surface area contributed by atoms with E-state index in [2.05, 4.69) is 37.9 Å². The van der Waals surface area contributed by atoms with Crippen molar-refractivity contribution in [2.45, 2.75) is 32.4 Å². The first-order valence-corrected chi connectivity index (χ1v) is 6.01. The summed E-state index contributed by atoms with van der Waals surface area (Å²) in [5, 5.41) is 0. The molecule has 0 saturated heterocycles. The van der Waals surface area contributed by atoms with Crippen LogP contribution in [0.25, 0.3) is 0 Å². The van der Waals surface area contributed by atoms with Gasteiger partial charge in [0, 0.05) is 12.1 Å². The summed E-state index contributed by atoms with van der Waals surface area (Å²) in [7, 11) is 3.81. The summed E-state index contributed by atoms with van der Waals surface area (Å²) < 4.78 is 5.14. The Hall–Kier alpha value is -1.06. The summed E-state index contributed by atoms with van der Waals surface area (Å²) in [4.78, 5) is 2.29. The Morgan fingerprint density at radius 2 is 1.82 bits per heavy atom. The first-order valence-electron chi connectivity index (χ1n) is 6.01. The number of ether oxygens (including phenoxy) is 1. The molecule has 3 heteroatoms. The highest BCUT2D eigenvalue weighted by atomic mass is 16.5. The molecule has 0 aromatic heterocycles. The average molecular weight is 236 g/mol. The normalized spacial score (nSPS) is 11.9. The minimum Gasteiger partial charge on any atom is -0.497 e. The molecule has 1 rings (SSSR count). The number of hydrogen-bond acceptors (Lipinski definition) is 3. The fraction of sp³-hybridized carbons (Fsp3) is 0.571. The molecule has 0 radical (unpaired) electrons. The van der Waals surface area contributed by atoms with E-state index in [9.17, 15) is 0 Å². The van der Waals surface area contributed by atoms with Crippen molar-refractivity contribution in [1.82, 2.24) is 4.90 Å². The molecule has 0 saturated carbocycles. The zero-order chi connectivity index (χ0) is 12.9. The minimum atomic E-state index is -0.0891. The Labute approximate surface area is 105 Å². The van der Waals surface area contributed by atoms with Gasteiger partial charge in [-0.1, -0.05) is 12.1 Å². The smallest absolute Gasteiger partial charge is 0.118 e. The molecule has 2 N–H and O–H groups in total. The molecule has 3 nitrogen and oxygen atoms in total. The molecule has 0 aliphatic carbocycles. The van der Waals surface area contributed by atoms with Crippen LogP contribution in [0.15, 0.2) is 24.3 Å². The quantitative estimate of drug-likeness (QED) is 0.823. The SMILES string of the molecule is COc1ccc(CN(C)CCC(C)(C)N)cc1. The number of hydrogen-bond donors (Lipinski definition) is 1. The van der Waals surface area contributed by atoms with E-state index in [1.54, 1.807) is 7.11 Å². The molecular formula is C14H24N2O. The number of benzene rings is 1. The predicted molar refractivity (Wildman–Crippen MR) is 72.2 cm³/mol. The third-order valence-electron chi connectivity index (χ3n) is 2.75. The van der Waals surface area contributed by atoms with E-state index in [4.69, 9.17) is 10.5 Å². The van der Waals surface area contributed by atoms with Crippen molar-refractivity contribution in [2.75, 3.05) is 20.7 Å². The van der Waals surface area contributed by atoms with Crippen LogP contribution in [0.4, 0.5) is 0 Å². The second-order valence-corrected chi connectivity index (χ2v) is 5.32. The monoisotopic (exact) mass is 236 g/mol. The molecule has 0 unspecified atom stereocenters. The fourth-order valence-corrected chi connectivity index (χ4v) is 1.60. The van der Waals surface area contributed by atoms with Crippen molar-refractivity contribution in [3.8, 4) is 5.75 Å².